The van der Waals surface area contributed by atoms with Crippen molar-refractivity contribution >= 4 is 12.4 Å². The molecule has 2 N–H and O–H groups in total. The fourth-order valence-electron chi connectivity index (χ4n) is 1.12. The van der Waals surface area contributed by atoms with E-state index in [2.05, 4.69) is 0 Å². The number of hydrogen-bond acceptors (Lipinski definition) is 1. The number of nitrogens with two attached hydrogens (primary N) is 1. The zero-order valence-corrected chi connectivity index (χ0v) is 11.6. The predicted octanol–water partition coefficient (Wildman–Crippen LogP) is -1.10. The molecule has 0 aliphatic carbocycles. The van der Waals surface area contributed by atoms with Crippen molar-refractivity contribution in [1.82, 2.24) is 0 Å². The van der Waals surface area contributed by atoms with Crippen LogP contribution in [-0.2, 0) is 0 Å². The van der Waals surface area contributed by atoms with Gasteiger partial charge in [0.2, 0.25) is 0 Å². The minimum Gasteiger partial charge on any atom is -0.445 e. The summed E-state index contributed by atoms with van der Waals surface area (Å²) in [6.07, 6.45) is 0. The topological polar surface area (TPSA) is 26.0 Å². The minimum absolute atomic E-state index is 0. The van der Waals surface area contributed by atoms with Crippen LogP contribution >= 0.6 is 0 Å². The molecule has 0 aliphatic heterocycles. The van der Waals surface area contributed by atoms with Gasteiger partial charge in [-0.1, -0.05) is 18.2 Å². The summed E-state index contributed by atoms with van der Waals surface area (Å²) in [6, 6.07) is 1.80. The fraction of sp³-hybridized carbons (Fsp3) is 0.250. The van der Waals surface area contributed by atoms with Gasteiger partial charge < -0.3 is 18.7 Å². The van der Waals surface area contributed by atoms with Gasteiger partial charge in [0.1, 0.15) is 5.82 Å². The summed E-state index contributed by atoms with van der Waals surface area (Å²) in [5.74, 6) is -0.906. The number of halogens is 4. The van der Waals surface area contributed by atoms with Gasteiger partial charge in [0.25, 0.3) is 0 Å². The van der Waals surface area contributed by atoms with Crippen molar-refractivity contribution in [2.45, 2.75) is 13.0 Å². The van der Waals surface area contributed by atoms with Gasteiger partial charge >= 0.3 is 58.4 Å². The molecule has 1 rings (SSSR count). The summed E-state index contributed by atoms with van der Waals surface area (Å²) in [7, 11) is 0. The molecule has 78 valence electrons. The molecule has 1 nitrogen and oxygen atoms in total. The molecule has 15 heavy (non-hydrogen) atoms. The van der Waals surface area contributed by atoms with Crippen molar-refractivity contribution in [1.29, 1.82) is 0 Å². The van der Waals surface area contributed by atoms with Crippen LogP contribution in [0.1, 0.15) is 18.5 Å². The molecule has 1 atom stereocenters. The molecule has 1 aromatic carbocycles. The molecule has 0 aromatic heterocycles. The molecule has 0 saturated carbocycles. The third-order valence-corrected chi connectivity index (χ3v) is 1.89. The monoisotopic (exact) mass is 245 g/mol. The Labute approximate surface area is 128 Å². The third-order valence-electron chi connectivity index (χ3n) is 1.89. The Morgan fingerprint density at radius 1 is 1.27 bits per heavy atom. The molecule has 0 spiro atoms. The average Bonchev–Trinajstić information content (AvgIpc) is 2.01. The summed E-state index contributed by atoms with van der Waals surface area (Å²) in [4.78, 5) is 0. The van der Waals surface area contributed by atoms with Crippen LogP contribution < -0.4 is 62.6 Å². The molecule has 1 unspecified atom stereocenters. The van der Waals surface area contributed by atoms with Gasteiger partial charge in [0, 0.05) is 11.6 Å². The van der Waals surface area contributed by atoms with Crippen LogP contribution in [0.15, 0.2) is 18.2 Å². The van der Waals surface area contributed by atoms with Gasteiger partial charge in [-0.05, 0) is 6.92 Å². The number of benzene rings is 1. The van der Waals surface area contributed by atoms with Crippen LogP contribution in [0.2, 0.25) is 0 Å². The van der Waals surface area contributed by atoms with Crippen LogP contribution in [-0.4, -0.2) is 6.98 Å². The Hall–Kier alpha value is 0.601. The molecule has 1 aromatic rings. The Kier molecular flexibility index (Phi) is 6.02. The first-order valence-corrected chi connectivity index (χ1v) is 4.07. The summed E-state index contributed by atoms with van der Waals surface area (Å²) >= 11 is 0. The van der Waals surface area contributed by atoms with E-state index in [1.807, 2.05) is 0 Å². The smallest absolute Gasteiger partial charge is 0.445 e. The van der Waals surface area contributed by atoms with Crippen LogP contribution in [0.5, 0.6) is 0 Å². The van der Waals surface area contributed by atoms with Crippen molar-refractivity contribution in [3.63, 3.8) is 0 Å². The van der Waals surface area contributed by atoms with E-state index in [1.54, 1.807) is 0 Å². The summed E-state index contributed by atoms with van der Waals surface area (Å²) in [5, 5.41) is 0. The fourth-order valence-corrected chi connectivity index (χ4v) is 1.12. The summed E-state index contributed by atoms with van der Waals surface area (Å²) < 4.78 is 49.6. The molecule has 0 radical (unpaired) electrons. The Morgan fingerprint density at radius 2 is 1.80 bits per heavy atom. The van der Waals surface area contributed by atoms with Gasteiger partial charge in [0.15, 0.2) is 0 Å². The zero-order valence-electron chi connectivity index (χ0n) is 8.48. The molecular weight excluding hydrogens is 236 g/mol. The van der Waals surface area contributed by atoms with Crippen molar-refractivity contribution < 1.29 is 68.7 Å². The first-order valence-electron chi connectivity index (χ1n) is 4.07. The maximum absolute atomic E-state index is 13.1. The summed E-state index contributed by atoms with van der Waals surface area (Å²) in [6.45, 7) is -3.63. The van der Waals surface area contributed by atoms with E-state index in [0.29, 0.717) is 6.07 Å². The van der Waals surface area contributed by atoms with Gasteiger partial charge in [-0.2, -0.15) is 0 Å². The van der Waals surface area contributed by atoms with Crippen molar-refractivity contribution in [3.8, 4) is 0 Å². The Bertz CT molecular complexity index is 340. The van der Waals surface area contributed by atoms with E-state index in [9.17, 15) is 17.3 Å². The van der Waals surface area contributed by atoms with E-state index in [0.717, 1.165) is 12.1 Å². The predicted molar refractivity (Wildman–Crippen MR) is 47.7 cm³/mol. The molecule has 7 heteroatoms. The molecule has 0 amide bonds. The first-order chi connectivity index (χ1) is 6.32. The molecular formula is C8H9BF4KN. The van der Waals surface area contributed by atoms with Gasteiger partial charge in [0.05, 0.1) is 0 Å². The van der Waals surface area contributed by atoms with Crippen LogP contribution in [0.4, 0.5) is 17.3 Å². The number of hydrogen-bond donors (Lipinski definition) is 1. The Morgan fingerprint density at radius 3 is 2.13 bits per heavy atom. The second-order valence-electron chi connectivity index (χ2n) is 3.14. The van der Waals surface area contributed by atoms with Crippen LogP contribution in [0.3, 0.4) is 0 Å². The van der Waals surface area contributed by atoms with E-state index < -0.39 is 24.3 Å². The molecule has 0 saturated heterocycles. The maximum Gasteiger partial charge on any atom is 1.00 e. The molecule has 0 aliphatic rings. The van der Waals surface area contributed by atoms with Gasteiger partial charge in [-0.3, -0.25) is 0 Å². The molecule has 0 heterocycles. The molecule has 0 fully saturated rings. The number of rotatable bonds is 2. The average molecular weight is 245 g/mol. The Balaban J connectivity index is 0.00000196. The maximum atomic E-state index is 13.1. The van der Waals surface area contributed by atoms with E-state index in [4.69, 9.17) is 5.73 Å². The van der Waals surface area contributed by atoms with E-state index in [-0.39, 0.29) is 56.9 Å². The van der Waals surface area contributed by atoms with Crippen molar-refractivity contribution in [2.75, 3.05) is 0 Å². The van der Waals surface area contributed by atoms with Crippen molar-refractivity contribution in [2.24, 2.45) is 5.73 Å². The quantitative estimate of drug-likeness (QED) is 0.519. The first kappa shape index (κ1) is 15.6. The second kappa shape index (κ2) is 5.79. The van der Waals surface area contributed by atoms with Crippen LogP contribution in [0, 0.1) is 5.82 Å². The SMILES string of the molecule is CC(N)c1ccc([B-](F)(F)F)cc1F.[K+]. The van der Waals surface area contributed by atoms with Crippen LogP contribution in [0.25, 0.3) is 0 Å². The van der Waals surface area contributed by atoms with Gasteiger partial charge in [-0.15, -0.1) is 5.46 Å². The minimum atomic E-state index is -5.14. The zero-order chi connectivity index (χ0) is 10.9. The largest absolute Gasteiger partial charge is 1.00 e. The van der Waals surface area contributed by atoms with Crippen molar-refractivity contribution in [3.05, 3.63) is 29.6 Å². The normalized spacial score (nSPS) is 13.2. The summed E-state index contributed by atoms with van der Waals surface area (Å²) in [5.41, 5.74) is 4.51. The van der Waals surface area contributed by atoms with E-state index >= 15 is 0 Å². The third kappa shape index (κ3) is 4.16. The van der Waals surface area contributed by atoms with E-state index in [1.165, 1.54) is 6.92 Å². The molecule has 0 bridgehead atoms. The second-order valence-corrected chi connectivity index (χ2v) is 3.14. The van der Waals surface area contributed by atoms with Gasteiger partial charge in [-0.25, -0.2) is 4.39 Å². The standard InChI is InChI=1S/C8H9BF4N.K/c1-5(14)7-3-2-6(4-8(7)10)9(11,12)13;/h2-5H,14H2,1H3;/q-1;+1.